The number of rotatable bonds is 4. The number of hydrogen-bond acceptors (Lipinski definition) is 3. The van der Waals surface area contributed by atoms with Gasteiger partial charge < -0.3 is 5.32 Å². The summed E-state index contributed by atoms with van der Waals surface area (Å²) in [5.41, 5.74) is 3.28. The quantitative estimate of drug-likeness (QED) is 0.719. The zero-order valence-electron chi connectivity index (χ0n) is 11.7. The van der Waals surface area contributed by atoms with Gasteiger partial charge in [-0.3, -0.25) is 9.67 Å². The Hall–Kier alpha value is -2.40. The molecule has 0 saturated heterocycles. The first-order valence-corrected chi connectivity index (χ1v) is 7.17. The molecule has 0 aliphatic carbocycles. The van der Waals surface area contributed by atoms with E-state index in [1.165, 1.54) is 5.56 Å². The van der Waals surface area contributed by atoms with Crippen LogP contribution < -0.4 is 5.32 Å². The Labute approximate surface area is 128 Å². The summed E-state index contributed by atoms with van der Waals surface area (Å²) in [5.74, 6) is 0.856. The number of nitrogens with one attached hydrogen (secondary N) is 2. The van der Waals surface area contributed by atoms with Crippen molar-refractivity contribution in [2.24, 2.45) is 0 Å². The summed E-state index contributed by atoms with van der Waals surface area (Å²) < 4.78 is 2.56. The smallest absolute Gasteiger partial charge is 0.199 e. The molecule has 3 rings (SSSR count). The molecule has 0 saturated carbocycles. The fraction of sp³-hybridized carbons (Fsp3) is 0.125. The van der Waals surface area contributed by atoms with E-state index in [4.69, 9.17) is 12.2 Å². The summed E-state index contributed by atoms with van der Waals surface area (Å²) in [6.07, 6.45) is 0. The number of aromatic amines is 1. The number of H-pyrrole nitrogens is 1. The Kier molecular flexibility index (Phi) is 3.83. The third-order valence-corrected chi connectivity index (χ3v) is 3.50. The Bertz CT molecular complexity index is 789. The lowest BCUT2D eigenvalue weighted by Gasteiger charge is -2.09. The maximum absolute atomic E-state index is 5.35. The van der Waals surface area contributed by atoms with E-state index in [1.54, 1.807) is 0 Å². The van der Waals surface area contributed by atoms with Gasteiger partial charge in [-0.05, 0) is 49.0 Å². The summed E-state index contributed by atoms with van der Waals surface area (Å²) in [4.78, 5) is 0. The van der Waals surface area contributed by atoms with Crippen LogP contribution in [-0.4, -0.2) is 14.8 Å². The number of aryl methyl sites for hydroxylation is 1. The van der Waals surface area contributed by atoms with Crippen LogP contribution in [0.1, 0.15) is 11.4 Å². The molecule has 106 valence electrons. The van der Waals surface area contributed by atoms with Crippen molar-refractivity contribution in [2.75, 3.05) is 5.32 Å². The van der Waals surface area contributed by atoms with Crippen LogP contribution in [0.15, 0.2) is 54.6 Å². The SMILES string of the molecule is Cc1cccc(-n2c(CNc3ccccc3)n[nH]c2=S)c1. The zero-order valence-corrected chi connectivity index (χ0v) is 12.5. The van der Waals surface area contributed by atoms with Gasteiger partial charge in [-0.1, -0.05) is 30.3 Å². The second-order valence-corrected chi connectivity index (χ2v) is 5.23. The lowest BCUT2D eigenvalue weighted by atomic mass is 10.2. The molecule has 5 heteroatoms. The Morgan fingerprint density at radius 2 is 1.95 bits per heavy atom. The minimum Gasteiger partial charge on any atom is -0.378 e. The Morgan fingerprint density at radius 3 is 2.71 bits per heavy atom. The highest BCUT2D eigenvalue weighted by molar-refractivity contribution is 7.71. The summed E-state index contributed by atoms with van der Waals surface area (Å²) in [6, 6.07) is 18.3. The average Bonchev–Trinajstić information content (AvgIpc) is 2.87. The van der Waals surface area contributed by atoms with Crippen LogP contribution in [0.3, 0.4) is 0 Å². The van der Waals surface area contributed by atoms with Crippen LogP contribution >= 0.6 is 12.2 Å². The van der Waals surface area contributed by atoms with Crippen LogP contribution in [0.4, 0.5) is 5.69 Å². The van der Waals surface area contributed by atoms with Gasteiger partial charge in [0.2, 0.25) is 0 Å². The number of nitrogens with zero attached hydrogens (tertiary/aromatic N) is 2. The van der Waals surface area contributed by atoms with Crippen molar-refractivity contribution in [2.45, 2.75) is 13.5 Å². The van der Waals surface area contributed by atoms with Gasteiger partial charge in [-0.2, -0.15) is 5.10 Å². The molecule has 0 radical (unpaired) electrons. The van der Waals surface area contributed by atoms with Gasteiger partial charge in [0.25, 0.3) is 0 Å². The molecule has 0 aliphatic rings. The molecule has 0 fully saturated rings. The van der Waals surface area contributed by atoms with E-state index in [-0.39, 0.29) is 0 Å². The minimum atomic E-state index is 0.602. The van der Waals surface area contributed by atoms with Crippen molar-refractivity contribution >= 4 is 17.9 Å². The highest BCUT2D eigenvalue weighted by atomic mass is 32.1. The predicted molar refractivity (Wildman–Crippen MR) is 87.3 cm³/mol. The van der Waals surface area contributed by atoms with E-state index in [0.29, 0.717) is 11.3 Å². The molecule has 2 aromatic carbocycles. The summed E-state index contributed by atoms with van der Waals surface area (Å²) in [5, 5.41) is 10.5. The second-order valence-electron chi connectivity index (χ2n) is 4.84. The van der Waals surface area contributed by atoms with Crippen LogP contribution in [-0.2, 0) is 6.54 Å². The normalized spacial score (nSPS) is 10.5. The number of benzene rings is 2. The topological polar surface area (TPSA) is 45.6 Å². The van der Waals surface area contributed by atoms with Gasteiger partial charge in [0.15, 0.2) is 10.6 Å². The first-order chi connectivity index (χ1) is 10.2. The van der Waals surface area contributed by atoms with Gasteiger partial charge in [0.05, 0.1) is 6.54 Å². The van der Waals surface area contributed by atoms with Gasteiger partial charge in [-0.25, -0.2) is 0 Å². The van der Waals surface area contributed by atoms with Gasteiger partial charge >= 0.3 is 0 Å². The van der Waals surface area contributed by atoms with Crippen molar-refractivity contribution in [1.82, 2.24) is 14.8 Å². The van der Waals surface area contributed by atoms with Crippen molar-refractivity contribution < 1.29 is 0 Å². The van der Waals surface area contributed by atoms with Crippen LogP contribution in [0.25, 0.3) is 5.69 Å². The fourth-order valence-electron chi connectivity index (χ4n) is 2.22. The van der Waals surface area contributed by atoms with Crippen LogP contribution in [0.5, 0.6) is 0 Å². The molecule has 0 aliphatic heterocycles. The fourth-order valence-corrected chi connectivity index (χ4v) is 2.48. The average molecular weight is 296 g/mol. The molecule has 0 spiro atoms. The van der Waals surface area contributed by atoms with E-state index in [1.807, 2.05) is 47.0 Å². The Balaban J connectivity index is 1.89. The van der Waals surface area contributed by atoms with Crippen molar-refractivity contribution in [3.8, 4) is 5.69 Å². The summed E-state index contributed by atoms with van der Waals surface area (Å²) in [6.45, 7) is 2.67. The first-order valence-electron chi connectivity index (χ1n) is 6.76. The molecular weight excluding hydrogens is 280 g/mol. The molecule has 1 aromatic heterocycles. The largest absolute Gasteiger partial charge is 0.378 e. The number of hydrogen-bond donors (Lipinski definition) is 2. The standard InChI is InChI=1S/C16H16N4S/c1-12-6-5-9-14(10-12)20-15(18-19-16(20)21)11-17-13-7-3-2-4-8-13/h2-10,17H,11H2,1H3,(H,19,21). The van der Waals surface area contributed by atoms with Crippen molar-refractivity contribution in [3.63, 3.8) is 0 Å². The summed E-state index contributed by atoms with van der Waals surface area (Å²) >= 11 is 5.35. The third-order valence-electron chi connectivity index (χ3n) is 3.23. The van der Waals surface area contributed by atoms with Gasteiger partial charge in [-0.15, -0.1) is 0 Å². The lowest BCUT2D eigenvalue weighted by molar-refractivity contribution is 0.887. The molecule has 2 N–H and O–H groups in total. The highest BCUT2D eigenvalue weighted by Crippen LogP contribution is 2.14. The van der Waals surface area contributed by atoms with E-state index < -0.39 is 0 Å². The van der Waals surface area contributed by atoms with E-state index in [2.05, 4.69) is 34.6 Å². The van der Waals surface area contributed by atoms with E-state index in [9.17, 15) is 0 Å². The van der Waals surface area contributed by atoms with E-state index in [0.717, 1.165) is 17.2 Å². The lowest BCUT2D eigenvalue weighted by Crippen LogP contribution is -2.07. The van der Waals surface area contributed by atoms with Crippen LogP contribution in [0, 0.1) is 11.7 Å². The van der Waals surface area contributed by atoms with E-state index >= 15 is 0 Å². The third kappa shape index (κ3) is 3.03. The molecule has 0 atom stereocenters. The zero-order chi connectivity index (χ0) is 14.7. The van der Waals surface area contributed by atoms with Crippen LogP contribution in [0.2, 0.25) is 0 Å². The molecule has 21 heavy (non-hydrogen) atoms. The maximum atomic E-state index is 5.35. The first kappa shape index (κ1) is 13.6. The van der Waals surface area contributed by atoms with Crippen molar-refractivity contribution in [1.29, 1.82) is 0 Å². The Morgan fingerprint density at radius 1 is 1.14 bits per heavy atom. The molecule has 0 amide bonds. The molecular formula is C16H16N4S. The molecule has 4 nitrogen and oxygen atoms in total. The minimum absolute atomic E-state index is 0.602. The molecule has 3 aromatic rings. The molecule has 0 bridgehead atoms. The second kappa shape index (κ2) is 5.93. The monoisotopic (exact) mass is 296 g/mol. The van der Waals surface area contributed by atoms with Crippen molar-refractivity contribution in [3.05, 3.63) is 70.8 Å². The number of para-hydroxylation sites is 1. The van der Waals surface area contributed by atoms with Gasteiger partial charge in [0, 0.05) is 11.4 Å². The predicted octanol–water partition coefficient (Wildman–Crippen LogP) is 3.85. The highest BCUT2D eigenvalue weighted by Gasteiger charge is 2.08. The summed E-state index contributed by atoms with van der Waals surface area (Å²) in [7, 11) is 0. The number of anilines is 1. The molecule has 1 heterocycles. The maximum Gasteiger partial charge on any atom is 0.199 e. The van der Waals surface area contributed by atoms with Gasteiger partial charge in [0.1, 0.15) is 0 Å². The number of aromatic nitrogens is 3. The molecule has 0 unspecified atom stereocenters.